The average molecular weight is 347 g/mol. The lowest BCUT2D eigenvalue weighted by Gasteiger charge is -2.34. The molecule has 6 heteroatoms. The van der Waals surface area contributed by atoms with Gasteiger partial charge in [-0.05, 0) is 12.1 Å². The Morgan fingerprint density at radius 2 is 1.65 bits per heavy atom. The van der Waals surface area contributed by atoms with Crippen LogP contribution >= 0.6 is 0 Å². The highest BCUT2D eigenvalue weighted by Gasteiger charge is 2.30. The predicted molar refractivity (Wildman–Crippen MR) is 96.6 cm³/mol. The van der Waals surface area contributed by atoms with E-state index < -0.39 is 0 Å². The maximum absolute atomic E-state index is 12.9. The molecule has 3 aromatic rings. The van der Waals surface area contributed by atoms with Crippen LogP contribution in [0.25, 0.3) is 11.3 Å². The largest absolute Gasteiger partial charge is 0.355 e. The van der Waals surface area contributed by atoms with Crippen molar-refractivity contribution in [3.63, 3.8) is 0 Å². The molecule has 2 amide bonds. The number of nitrogens with zero attached hydrogens (tertiary/aromatic N) is 3. The van der Waals surface area contributed by atoms with E-state index in [1.807, 2.05) is 60.7 Å². The standard InChI is InChI=1S/C20H17N3O3/c24-18-14-22(11-12-23(18)16-9-5-2-6-10-16)20(25)17-13-21-26-19(17)15-7-3-1-4-8-15/h1-10,13H,11-12,14H2. The molecule has 6 nitrogen and oxygen atoms in total. The van der Waals surface area contributed by atoms with Gasteiger partial charge < -0.3 is 14.3 Å². The molecule has 1 aromatic heterocycles. The van der Waals surface area contributed by atoms with Gasteiger partial charge in [-0.15, -0.1) is 0 Å². The molecular formula is C20H17N3O3. The fourth-order valence-electron chi connectivity index (χ4n) is 3.09. The third-order valence-corrected chi connectivity index (χ3v) is 4.41. The number of anilines is 1. The Hall–Kier alpha value is -3.41. The van der Waals surface area contributed by atoms with Crippen molar-refractivity contribution < 1.29 is 14.1 Å². The number of rotatable bonds is 3. The van der Waals surface area contributed by atoms with E-state index in [2.05, 4.69) is 5.16 Å². The molecule has 130 valence electrons. The molecule has 1 aliphatic rings. The second-order valence-corrected chi connectivity index (χ2v) is 6.04. The highest BCUT2D eigenvalue weighted by Crippen LogP contribution is 2.25. The van der Waals surface area contributed by atoms with Crippen molar-refractivity contribution in [2.75, 3.05) is 24.5 Å². The Bertz CT molecular complexity index is 922. The van der Waals surface area contributed by atoms with E-state index in [9.17, 15) is 9.59 Å². The number of aromatic nitrogens is 1. The first-order chi connectivity index (χ1) is 12.7. The number of carbonyl (C=O) groups is 2. The van der Waals surface area contributed by atoms with Crippen LogP contribution in [0.1, 0.15) is 10.4 Å². The number of carbonyl (C=O) groups excluding carboxylic acids is 2. The van der Waals surface area contributed by atoms with Crippen LogP contribution in [0.5, 0.6) is 0 Å². The van der Waals surface area contributed by atoms with Crippen molar-refractivity contribution in [3.05, 3.63) is 72.4 Å². The van der Waals surface area contributed by atoms with Crippen molar-refractivity contribution in [1.82, 2.24) is 10.1 Å². The molecule has 1 aliphatic heterocycles. The van der Waals surface area contributed by atoms with Crippen molar-refractivity contribution >= 4 is 17.5 Å². The summed E-state index contributed by atoms with van der Waals surface area (Å²) in [4.78, 5) is 28.7. The monoisotopic (exact) mass is 347 g/mol. The van der Waals surface area contributed by atoms with Gasteiger partial charge in [-0.25, -0.2) is 0 Å². The lowest BCUT2D eigenvalue weighted by molar-refractivity contribution is -0.120. The van der Waals surface area contributed by atoms with Crippen LogP contribution in [0.15, 0.2) is 71.4 Å². The molecule has 1 fully saturated rings. The molecule has 0 bridgehead atoms. The molecule has 26 heavy (non-hydrogen) atoms. The molecule has 4 rings (SSSR count). The van der Waals surface area contributed by atoms with Crippen LogP contribution in [0.2, 0.25) is 0 Å². The minimum atomic E-state index is -0.244. The lowest BCUT2D eigenvalue weighted by atomic mass is 10.1. The number of piperazine rings is 1. The number of para-hydroxylation sites is 1. The minimum absolute atomic E-state index is 0.0349. The summed E-state index contributed by atoms with van der Waals surface area (Å²) in [5, 5.41) is 3.78. The highest BCUT2D eigenvalue weighted by molar-refractivity contribution is 6.04. The van der Waals surface area contributed by atoms with E-state index in [4.69, 9.17) is 4.52 Å². The topological polar surface area (TPSA) is 66.7 Å². The summed E-state index contributed by atoms with van der Waals surface area (Å²) < 4.78 is 5.29. The molecule has 2 heterocycles. The van der Waals surface area contributed by atoms with Crippen LogP contribution in [-0.4, -0.2) is 41.5 Å². The third-order valence-electron chi connectivity index (χ3n) is 4.41. The van der Waals surface area contributed by atoms with Crippen LogP contribution in [0.4, 0.5) is 5.69 Å². The first-order valence-corrected chi connectivity index (χ1v) is 8.39. The van der Waals surface area contributed by atoms with E-state index in [-0.39, 0.29) is 18.4 Å². The zero-order chi connectivity index (χ0) is 17.9. The maximum Gasteiger partial charge on any atom is 0.260 e. The van der Waals surface area contributed by atoms with Crippen molar-refractivity contribution in [2.24, 2.45) is 0 Å². The lowest BCUT2D eigenvalue weighted by Crippen LogP contribution is -2.52. The molecular weight excluding hydrogens is 330 g/mol. The van der Waals surface area contributed by atoms with E-state index in [0.717, 1.165) is 11.3 Å². The summed E-state index contributed by atoms with van der Waals surface area (Å²) in [6.45, 7) is 0.951. The van der Waals surface area contributed by atoms with Gasteiger partial charge in [-0.3, -0.25) is 9.59 Å². The highest BCUT2D eigenvalue weighted by atomic mass is 16.5. The number of amides is 2. The number of hydrogen-bond acceptors (Lipinski definition) is 4. The fourth-order valence-corrected chi connectivity index (χ4v) is 3.09. The smallest absolute Gasteiger partial charge is 0.260 e. The molecule has 0 saturated carbocycles. The van der Waals surface area contributed by atoms with Gasteiger partial charge in [0.1, 0.15) is 12.1 Å². The van der Waals surface area contributed by atoms with E-state index in [0.29, 0.717) is 24.4 Å². The maximum atomic E-state index is 12.9. The first kappa shape index (κ1) is 16.1. The van der Waals surface area contributed by atoms with Gasteiger partial charge in [0.2, 0.25) is 5.91 Å². The summed E-state index contributed by atoms with van der Waals surface area (Å²) in [6.07, 6.45) is 1.42. The van der Waals surface area contributed by atoms with Crippen molar-refractivity contribution in [1.29, 1.82) is 0 Å². The Kier molecular flexibility index (Phi) is 4.23. The minimum Gasteiger partial charge on any atom is -0.355 e. The summed E-state index contributed by atoms with van der Waals surface area (Å²) >= 11 is 0. The van der Waals surface area contributed by atoms with Gasteiger partial charge in [0.15, 0.2) is 5.76 Å². The van der Waals surface area contributed by atoms with Crippen molar-refractivity contribution in [2.45, 2.75) is 0 Å². The molecule has 0 N–H and O–H groups in total. The Morgan fingerprint density at radius 1 is 0.962 bits per heavy atom. The summed E-state index contributed by atoms with van der Waals surface area (Å²) in [5.74, 6) is 0.0771. The Morgan fingerprint density at radius 3 is 2.35 bits per heavy atom. The molecule has 0 unspecified atom stereocenters. The van der Waals surface area contributed by atoms with Crippen LogP contribution in [0, 0.1) is 0 Å². The normalized spacial score (nSPS) is 14.5. The number of benzene rings is 2. The van der Waals surface area contributed by atoms with Gasteiger partial charge in [-0.1, -0.05) is 53.7 Å². The molecule has 0 radical (unpaired) electrons. The molecule has 2 aromatic carbocycles. The van der Waals surface area contributed by atoms with E-state index in [1.54, 1.807) is 9.80 Å². The molecule has 1 saturated heterocycles. The fraction of sp³-hybridized carbons (Fsp3) is 0.150. The van der Waals surface area contributed by atoms with Crippen LogP contribution < -0.4 is 4.90 Å². The number of hydrogen-bond donors (Lipinski definition) is 0. The SMILES string of the molecule is O=C(c1cnoc1-c1ccccc1)N1CCN(c2ccccc2)C(=O)C1. The zero-order valence-corrected chi connectivity index (χ0v) is 14.0. The summed E-state index contributed by atoms with van der Waals surface area (Å²) in [7, 11) is 0. The van der Waals surface area contributed by atoms with Gasteiger partial charge in [0.25, 0.3) is 5.91 Å². The van der Waals surface area contributed by atoms with E-state index >= 15 is 0 Å². The van der Waals surface area contributed by atoms with Gasteiger partial charge >= 0.3 is 0 Å². The molecule has 0 spiro atoms. The van der Waals surface area contributed by atoms with Gasteiger partial charge in [0.05, 0.1) is 6.20 Å². The van der Waals surface area contributed by atoms with E-state index in [1.165, 1.54) is 6.20 Å². The van der Waals surface area contributed by atoms with Crippen LogP contribution in [0.3, 0.4) is 0 Å². The zero-order valence-electron chi connectivity index (χ0n) is 14.0. The predicted octanol–water partition coefficient (Wildman–Crippen LogP) is 2.83. The average Bonchev–Trinajstić information content (AvgIpc) is 3.18. The van der Waals surface area contributed by atoms with Gasteiger partial charge in [-0.2, -0.15) is 0 Å². The second kappa shape index (κ2) is 6.84. The van der Waals surface area contributed by atoms with Crippen LogP contribution in [-0.2, 0) is 4.79 Å². The Balaban J connectivity index is 1.53. The summed E-state index contributed by atoms with van der Waals surface area (Å²) in [5.41, 5.74) is 2.00. The quantitative estimate of drug-likeness (QED) is 0.731. The van der Waals surface area contributed by atoms with Gasteiger partial charge in [0, 0.05) is 24.3 Å². The molecule has 0 atom stereocenters. The molecule has 0 aliphatic carbocycles. The third kappa shape index (κ3) is 2.97. The van der Waals surface area contributed by atoms with Crippen molar-refractivity contribution in [3.8, 4) is 11.3 Å². The Labute approximate surface area is 150 Å². The first-order valence-electron chi connectivity index (χ1n) is 8.39. The summed E-state index contributed by atoms with van der Waals surface area (Å²) in [6, 6.07) is 18.8. The second-order valence-electron chi connectivity index (χ2n) is 6.04.